The highest BCUT2D eigenvalue weighted by Crippen LogP contribution is 2.28. The number of benzene rings is 3. The van der Waals surface area contributed by atoms with E-state index >= 15 is 0 Å². The Kier molecular flexibility index (Phi) is 7.33. The van der Waals surface area contributed by atoms with Crippen molar-refractivity contribution in [1.82, 2.24) is 0 Å². The standard InChI is InChI=1S/C26H20O8/c1-32-20-13-12-17(14-21(20)33-2)23(28)25(30)19-7-5-4-6-18(19)24(29)22(27)15-8-10-16(11-9-15)26(31)34-3/h4-14H,1-3H3. The molecule has 0 N–H and O–H groups in total. The molecule has 8 heteroatoms. The Balaban J connectivity index is 1.91. The van der Waals surface area contributed by atoms with Gasteiger partial charge in [-0.05, 0) is 30.3 Å². The Hall–Kier alpha value is -4.59. The molecule has 0 aromatic heterocycles. The molecule has 3 aromatic carbocycles. The van der Waals surface area contributed by atoms with Crippen molar-refractivity contribution in [2.75, 3.05) is 21.3 Å². The minimum atomic E-state index is -0.963. The molecule has 0 aliphatic carbocycles. The quantitative estimate of drug-likeness (QED) is 0.270. The van der Waals surface area contributed by atoms with Crippen molar-refractivity contribution in [2.24, 2.45) is 0 Å². The van der Waals surface area contributed by atoms with Crippen LogP contribution >= 0.6 is 0 Å². The van der Waals surface area contributed by atoms with E-state index in [0.717, 1.165) is 0 Å². The average Bonchev–Trinajstić information content (AvgIpc) is 2.90. The van der Waals surface area contributed by atoms with E-state index in [0.29, 0.717) is 5.75 Å². The highest BCUT2D eigenvalue weighted by atomic mass is 16.5. The Labute approximate surface area is 195 Å². The van der Waals surface area contributed by atoms with Gasteiger partial charge in [-0.1, -0.05) is 36.4 Å². The van der Waals surface area contributed by atoms with Gasteiger partial charge in [-0.15, -0.1) is 0 Å². The molecule has 34 heavy (non-hydrogen) atoms. The first-order chi connectivity index (χ1) is 16.3. The first-order valence-corrected chi connectivity index (χ1v) is 9.99. The van der Waals surface area contributed by atoms with Crippen LogP contribution < -0.4 is 9.47 Å². The predicted molar refractivity (Wildman–Crippen MR) is 121 cm³/mol. The lowest BCUT2D eigenvalue weighted by atomic mass is 9.92. The number of carbonyl (C=O) groups excluding carboxylic acids is 5. The molecule has 0 atom stereocenters. The molecule has 0 aliphatic heterocycles. The van der Waals surface area contributed by atoms with Crippen LogP contribution in [0.4, 0.5) is 0 Å². The molecule has 8 nitrogen and oxygen atoms in total. The smallest absolute Gasteiger partial charge is 0.337 e. The summed E-state index contributed by atoms with van der Waals surface area (Å²) in [4.78, 5) is 63.2. The van der Waals surface area contributed by atoms with Crippen LogP contribution in [0.3, 0.4) is 0 Å². The van der Waals surface area contributed by atoms with E-state index < -0.39 is 29.1 Å². The Bertz CT molecular complexity index is 1290. The van der Waals surface area contributed by atoms with Gasteiger partial charge < -0.3 is 14.2 Å². The maximum atomic E-state index is 13.0. The molecule has 0 saturated heterocycles. The van der Waals surface area contributed by atoms with Crippen LogP contribution in [-0.4, -0.2) is 50.4 Å². The molecule has 0 heterocycles. The largest absolute Gasteiger partial charge is 0.493 e. The van der Waals surface area contributed by atoms with Crippen molar-refractivity contribution in [3.8, 4) is 11.5 Å². The molecule has 3 rings (SSSR count). The minimum absolute atomic E-state index is 0.0196. The first-order valence-electron chi connectivity index (χ1n) is 9.99. The molecular weight excluding hydrogens is 440 g/mol. The summed E-state index contributed by atoms with van der Waals surface area (Å²) in [6.07, 6.45) is 0. The molecule has 0 unspecified atom stereocenters. The fraction of sp³-hybridized carbons (Fsp3) is 0.115. The number of hydrogen-bond acceptors (Lipinski definition) is 8. The Morgan fingerprint density at radius 1 is 0.529 bits per heavy atom. The molecule has 0 aliphatic rings. The molecule has 0 bridgehead atoms. The van der Waals surface area contributed by atoms with Crippen molar-refractivity contribution in [3.05, 3.63) is 94.5 Å². The third-order valence-electron chi connectivity index (χ3n) is 5.04. The number of ether oxygens (including phenoxy) is 3. The van der Waals surface area contributed by atoms with E-state index in [1.54, 1.807) is 0 Å². The summed E-state index contributed by atoms with van der Waals surface area (Å²) in [6.45, 7) is 0. The highest BCUT2D eigenvalue weighted by Gasteiger charge is 2.27. The summed E-state index contributed by atoms with van der Waals surface area (Å²) in [5.74, 6) is -3.64. The second kappa shape index (κ2) is 10.4. The molecule has 0 saturated carbocycles. The summed E-state index contributed by atoms with van der Waals surface area (Å²) in [5, 5.41) is 0. The maximum absolute atomic E-state index is 13.0. The van der Waals surface area contributed by atoms with Gasteiger partial charge in [0.2, 0.25) is 23.1 Å². The molecule has 0 radical (unpaired) electrons. The number of methoxy groups -OCH3 is 3. The van der Waals surface area contributed by atoms with Gasteiger partial charge in [0.15, 0.2) is 11.5 Å². The SMILES string of the molecule is COC(=O)c1ccc(C(=O)C(=O)c2ccccc2C(=O)C(=O)c2ccc(OC)c(OC)c2)cc1. The van der Waals surface area contributed by atoms with Gasteiger partial charge in [-0.25, -0.2) is 4.79 Å². The normalized spacial score (nSPS) is 10.2. The van der Waals surface area contributed by atoms with Gasteiger partial charge in [-0.3, -0.25) is 19.2 Å². The van der Waals surface area contributed by atoms with E-state index in [4.69, 9.17) is 9.47 Å². The van der Waals surface area contributed by atoms with Crippen molar-refractivity contribution in [2.45, 2.75) is 0 Å². The average molecular weight is 460 g/mol. The van der Waals surface area contributed by atoms with Crippen LogP contribution in [0.5, 0.6) is 11.5 Å². The van der Waals surface area contributed by atoms with E-state index in [2.05, 4.69) is 4.74 Å². The van der Waals surface area contributed by atoms with Gasteiger partial charge in [0.05, 0.1) is 26.9 Å². The van der Waals surface area contributed by atoms with Crippen LogP contribution in [0.15, 0.2) is 66.7 Å². The molecule has 0 amide bonds. The van der Waals surface area contributed by atoms with E-state index in [9.17, 15) is 24.0 Å². The zero-order valence-corrected chi connectivity index (χ0v) is 18.6. The van der Waals surface area contributed by atoms with E-state index in [-0.39, 0.29) is 33.6 Å². The zero-order valence-electron chi connectivity index (χ0n) is 18.6. The maximum Gasteiger partial charge on any atom is 0.337 e. The molecular formula is C26H20O8. The van der Waals surface area contributed by atoms with Gasteiger partial charge in [0.25, 0.3) is 0 Å². The summed E-state index contributed by atoms with van der Waals surface area (Å²) in [5.41, 5.74) is -0.140. The number of esters is 1. The van der Waals surface area contributed by atoms with Crippen LogP contribution in [0.1, 0.15) is 51.8 Å². The number of rotatable bonds is 9. The lowest BCUT2D eigenvalue weighted by molar-refractivity contribution is 0.0600. The zero-order chi connectivity index (χ0) is 24.8. The molecule has 0 spiro atoms. The third-order valence-corrected chi connectivity index (χ3v) is 5.04. The number of carbonyl (C=O) groups is 5. The van der Waals surface area contributed by atoms with Crippen LogP contribution in [0.2, 0.25) is 0 Å². The summed E-state index contributed by atoms with van der Waals surface area (Å²) in [6, 6.07) is 15.2. The number of hydrogen-bond donors (Lipinski definition) is 0. The molecule has 3 aromatic rings. The minimum Gasteiger partial charge on any atom is -0.493 e. The van der Waals surface area contributed by atoms with Crippen LogP contribution in [0.25, 0.3) is 0 Å². The van der Waals surface area contributed by atoms with Crippen molar-refractivity contribution in [1.29, 1.82) is 0 Å². The summed E-state index contributed by atoms with van der Waals surface area (Å²) < 4.78 is 14.9. The van der Waals surface area contributed by atoms with Crippen molar-refractivity contribution >= 4 is 29.1 Å². The Morgan fingerprint density at radius 2 is 1.00 bits per heavy atom. The molecule has 172 valence electrons. The predicted octanol–water partition coefficient (Wildman–Crippen LogP) is 3.62. The second-order valence-electron chi connectivity index (χ2n) is 7.00. The van der Waals surface area contributed by atoms with Gasteiger partial charge in [0.1, 0.15) is 0 Å². The van der Waals surface area contributed by atoms with Gasteiger partial charge in [0, 0.05) is 22.3 Å². The highest BCUT2D eigenvalue weighted by molar-refractivity contribution is 6.54. The van der Waals surface area contributed by atoms with E-state index in [1.165, 1.54) is 88.1 Å². The number of ketones is 4. The van der Waals surface area contributed by atoms with Crippen molar-refractivity contribution in [3.63, 3.8) is 0 Å². The van der Waals surface area contributed by atoms with Gasteiger partial charge in [-0.2, -0.15) is 0 Å². The third kappa shape index (κ3) is 4.75. The monoisotopic (exact) mass is 460 g/mol. The van der Waals surface area contributed by atoms with Crippen LogP contribution in [-0.2, 0) is 4.74 Å². The van der Waals surface area contributed by atoms with Gasteiger partial charge >= 0.3 is 5.97 Å². The topological polar surface area (TPSA) is 113 Å². The summed E-state index contributed by atoms with van der Waals surface area (Å²) in [7, 11) is 4.06. The van der Waals surface area contributed by atoms with Crippen LogP contribution in [0, 0.1) is 0 Å². The van der Waals surface area contributed by atoms with Crippen molar-refractivity contribution < 1.29 is 38.2 Å². The first kappa shape index (κ1) is 24.1. The molecule has 0 fully saturated rings. The fourth-order valence-corrected chi connectivity index (χ4v) is 3.24. The van der Waals surface area contributed by atoms with E-state index in [1.807, 2.05) is 0 Å². The second-order valence-corrected chi connectivity index (χ2v) is 7.00. The lowest BCUT2D eigenvalue weighted by Gasteiger charge is -2.10. The number of Topliss-reactive ketones (excluding diaryl/α,β-unsaturated/α-hetero) is 4. The Morgan fingerprint density at radius 3 is 1.50 bits per heavy atom. The fourth-order valence-electron chi connectivity index (χ4n) is 3.24. The summed E-state index contributed by atoms with van der Waals surface area (Å²) >= 11 is 0. The lowest BCUT2D eigenvalue weighted by Crippen LogP contribution is -2.22.